The fraction of sp³-hybridized carbons (Fsp3) is 0.647. The molecule has 1 aliphatic heterocycles. The molecule has 0 aliphatic carbocycles. The van der Waals surface area contributed by atoms with Gasteiger partial charge in [-0.05, 0) is 57.4 Å². The van der Waals surface area contributed by atoms with Gasteiger partial charge in [-0.1, -0.05) is 6.07 Å². The molecular weight excluding hydrogens is 264 g/mol. The van der Waals surface area contributed by atoms with Crippen molar-refractivity contribution in [1.29, 1.82) is 0 Å². The summed E-state index contributed by atoms with van der Waals surface area (Å²) in [5, 5.41) is 12.1. The summed E-state index contributed by atoms with van der Waals surface area (Å²) in [6, 6.07) is 6.51. The molecule has 4 nitrogen and oxygen atoms in total. The Morgan fingerprint density at radius 1 is 1.29 bits per heavy atom. The molecule has 0 saturated carbocycles. The van der Waals surface area contributed by atoms with Crippen LogP contribution in [0.25, 0.3) is 0 Å². The zero-order valence-corrected chi connectivity index (χ0v) is 13.3. The van der Waals surface area contributed by atoms with Crippen molar-refractivity contribution in [3.8, 4) is 5.75 Å². The molecule has 21 heavy (non-hydrogen) atoms. The van der Waals surface area contributed by atoms with Gasteiger partial charge in [-0.2, -0.15) is 0 Å². The molecule has 118 valence electrons. The molecule has 4 heteroatoms. The average molecular weight is 292 g/mol. The SMILES string of the molecule is CC(C)Oc1cc(CNCCCO)ccc1N1CCCC1. The first-order chi connectivity index (χ1) is 10.2. The summed E-state index contributed by atoms with van der Waals surface area (Å²) in [6.07, 6.45) is 3.52. The van der Waals surface area contributed by atoms with E-state index in [9.17, 15) is 0 Å². The number of rotatable bonds is 8. The van der Waals surface area contributed by atoms with E-state index in [1.807, 2.05) is 0 Å². The van der Waals surface area contributed by atoms with Crippen molar-refractivity contribution in [1.82, 2.24) is 5.32 Å². The molecule has 0 radical (unpaired) electrons. The van der Waals surface area contributed by atoms with Crippen LogP contribution < -0.4 is 15.0 Å². The normalized spacial score (nSPS) is 15.0. The van der Waals surface area contributed by atoms with Crippen LogP contribution in [0.4, 0.5) is 5.69 Å². The quantitative estimate of drug-likeness (QED) is 0.723. The maximum Gasteiger partial charge on any atom is 0.143 e. The molecule has 0 unspecified atom stereocenters. The van der Waals surface area contributed by atoms with E-state index in [0.29, 0.717) is 0 Å². The minimum Gasteiger partial charge on any atom is -0.489 e. The highest BCUT2D eigenvalue weighted by Crippen LogP contribution is 2.32. The standard InChI is InChI=1S/C17H28N2O2/c1-14(2)21-17-12-15(13-18-8-5-11-20)6-7-16(17)19-9-3-4-10-19/h6-7,12,14,18,20H,3-5,8-11,13H2,1-2H3. The molecule has 0 spiro atoms. The lowest BCUT2D eigenvalue weighted by Crippen LogP contribution is -2.20. The second kappa shape index (κ2) is 8.25. The Hall–Kier alpha value is -1.26. The van der Waals surface area contributed by atoms with E-state index >= 15 is 0 Å². The highest BCUT2D eigenvalue weighted by Gasteiger charge is 2.17. The number of benzene rings is 1. The lowest BCUT2D eigenvalue weighted by molar-refractivity contribution is 0.242. The molecule has 0 bridgehead atoms. The van der Waals surface area contributed by atoms with Gasteiger partial charge in [0.1, 0.15) is 5.75 Å². The van der Waals surface area contributed by atoms with Gasteiger partial charge in [0, 0.05) is 26.2 Å². The Morgan fingerprint density at radius 3 is 2.71 bits per heavy atom. The van der Waals surface area contributed by atoms with Gasteiger partial charge in [0.25, 0.3) is 0 Å². The summed E-state index contributed by atoms with van der Waals surface area (Å²) in [6.45, 7) is 8.28. The Kier molecular flexibility index (Phi) is 6.33. The average Bonchev–Trinajstić information content (AvgIpc) is 2.97. The van der Waals surface area contributed by atoms with Crippen molar-refractivity contribution >= 4 is 5.69 Å². The summed E-state index contributed by atoms with van der Waals surface area (Å²) < 4.78 is 6.02. The van der Waals surface area contributed by atoms with Crippen LogP contribution in [0.5, 0.6) is 5.75 Å². The first-order valence-corrected chi connectivity index (χ1v) is 8.07. The number of aliphatic hydroxyl groups excluding tert-OH is 1. The largest absolute Gasteiger partial charge is 0.489 e. The minimum atomic E-state index is 0.184. The van der Waals surface area contributed by atoms with Crippen LogP contribution in [0.15, 0.2) is 18.2 Å². The Bertz CT molecular complexity index is 429. The predicted molar refractivity (Wildman–Crippen MR) is 87.1 cm³/mol. The maximum absolute atomic E-state index is 8.80. The fourth-order valence-electron chi connectivity index (χ4n) is 2.67. The third-order valence-electron chi connectivity index (χ3n) is 3.67. The van der Waals surface area contributed by atoms with E-state index in [4.69, 9.17) is 9.84 Å². The smallest absolute Gasteiger partial charge is 0.143 e. The van der Waals surface area contributed by atoms with Crippen molar-refractivity contribution in [2.75, 3.05) is 31.1 Å². The van der Waals surface area contributed by atoms with E-state index in [1.165, 1.54) is 24.1 Å². The molecular formula is C17H28N2O2. The Labute approximate surface area is 128 Å². The summed E-state index contributed by atoms with van der Waals surface area (Å²) in [5.74, 6) is 0.994. The van der Waals surface area contributed by atoms with E-state index < -0.39 is 0 Å². The lowest BCUT2D eigenvalue weighted by atomic mass is 10.1. The molecule has 1 fully saturated rings. The van der Waals surface area contributed by atoms with Gasteiger partial charge in [-0.15, -0.1) is 0 Å². The molecule has 1 aromatic rings. The minimum absolute atomic E-state index is 0.184. The Balaban J connectivity index is 2.06. The number of ether oxygens (including phenoxy) is 1. The van der Waals surface area contributed by atoms with Crippen LogP contribution in [0.2, 0.25) is 0 Å². The summed E-state index contributed by atoms with van der Waals surface area (Å²) in [7, 11) is 0. The van der Waals surface area contributed by atoms with E-state index in [2.05, 4.69) is 42.3 Å². The number of hydrogen-bond donors (Lipinski definition) is 2. The Morgan fingerprint density at radius 2 is 2.05 bits per heavy atom. The van der Waals surface area contributed by atoms with E-state index in [0.717, 1.165) is 38.3 Å². The number of hydrogen-bond acceptors (Lipinski definition) is 4. The van der Waals surface area contributed by atoms with Crippen molar-refractivity contribution in [2.24, 2.45) is 0 Å². The monoisotopic (exact) mass is 292 g/mol. The summed E-state index contributed by atoms with van der Waals surface area (Å²) in [5.41, 5.74) is 2.45. The molecule has 1 aromatic carbocycles. The van der Waals surface area contributed by atoms with Gasteiger partial charge in [0.05, 0.1) is 11.8 Å². The fourth-order valence-corrected chi connectivity index (χ4v) is 2.67. The molecule has 0 atom stereocenters. The van der Waals surface area contributed by atoms with Crippen LogP contribution in [-0.4, -0.2) is 37.5 Å². The van der Waals surface area contributed by atoms with Gasteiger partial charge in [0.2, 0.25) is 0 Å². The van der Waals surface area contributed by atoms with Gasteiger partial charge < -0.3 is 20.1 Å². The molecule has 1 heterocycles. The lowest BCUT2D eigenvalue weighted by Gasteiger charge is -2.23. The maximum atomic E-state index is 8.80. The van der Waals surface area contributed by atoms with E-state index in [1.54, 1.807) is 0 Å². The predicted octanol–water partition coefficient (Wildman–Crippen LogP) is 2.55. The third kappa shape index (κ3) is 4.90. The number of nitrogens with zero attached hydrogens (tertiary/aromatic N) is 1. The van der Waals surface area contributed by atoms with Crippen molar-refractivity contribution < 1.29 is 9.84 Å². The molecule has 2 rings (SSSR count). The van der Waals surface area contributed by atoms with Crippen molar-refractivity contribution in [2.45, 2.75) is 45.8 Å². The zero-order valence-electron chi connectivity index (χ0n) is 13.3. The summed E-state index contributed by atoms with van der Waals surface area (Å²) >= 11 is 0. The summed E-state index contributed by atoms with van der Waals surface area (Å²) in [4.78, 5) is 2.42. The first-order valence-electron chi connectivity index (χ1n) is 8.07. The van der Waals surface area contributed by atoms with Crippen LogP contribution >= 0.6 is 0 Å². The van der Waals surface area contributed by atoms with Gasteiger partial charge in [0.15, 0.2) is 0 Å². The molecule has 0 aromatic heterocycles. The topological polar surface area (TPSA) is 44.7 Å². The second-order valence-electron chi connectivity index (χ2n) is 5.92. The highest BCUT2D eigenvalue weighted by atomic mass is 16.5. The van der Waals surface area contributed by atoms with E-state index in [-0.39, 0.29) is 12.7 Å². The third-order valence-corrected chi connectivity index (χ3v) is 3.67. The van der Waals surface area contributed by atoms with Crippen LogP contribution in [0, 0.1) is 0 Å². The van der Waals surface area contributed by atoms with Gasteiger partial charge in [-0.25, -0.2) is 0 Å². The van der Waals surface area contributed by atoms with Crippen LogP contribution in [0.3, 0.4) is 0 Å². The van der Waals surface area contributed by atoms with Crippen LogP contribution in [-0.2, 0) is 6.54 Å². The van der Waals surface area contributed by atoms with Gasteiger partial charge >= 0.3 is 0 Å². The number of nitrogens with one attached hydrogen (secondary N) is 1. The molecule has 2 N–H and O–H groups in total. The molecule has 1 aliphatic rings. The highest BCUT2D eigenvalue weighted by molar-refractivity contribution is 5.60. The van der Waals surface area contributed by atoms with Gasteiger partial charge in [-0.3, -0.25) is 0 Å². The van der Waals surface area contributed by atoms with Crippen molar-refractivity contribution in [3.63, 3.8) is 0 Å². The molecule has 1 saturated heterocycles. The second-order valence-corrected chi connectivity index (χ2v) is 5.92. The first kappa shape index (κ1) is 16.1. The van der Waals surface area contributed by atoms with Crippen LogP contribution in [0.1, 0.15) is 38.7 Å². The number of anilines is 1. The zero-order chi connectivity index (χ0) is 15.1. The van der Waals surface area contributed by atoms with Crippen molar-refractivity contribution in [3.05, 3.63) is 23.8 Å². The number of aliphatic hydroxyl groups is 1. The molecule has 0 amide bonds.